The predicted octanol–water partition coefficient (Wildman–Crippen LogP) is 1.68. The summed E-state index contributed by atoms with van der Waals surface area (Å²) in [6, 6.07) is 0.158. The number of hydrogen-bond acceptors (Lipinski definition) is 5. The third kappa shape index (κ3) is 3.72. The van der Waals surface area contributed by atoms with Gasteiger partial charge in [0.15, 0.2) is 0 Å². The van der Waals surface area contributed by atoms with Crippen molar-refractivity contribution in [3.8, 4) is 0 Å². The summed E-state index contributed by atoms with van der Waals surface area (Å²) in [4.78, 5) is 35.9. The number of nitrogens with zero attached hydrogens (tertiary/aromatic N) is 5. The van der Waals surface area contributed by atoms with E-state index in [-0.39, 0.29) is 23.8 Å². The number of rotatable bonds is 5. The molecular weight excluding hydrogens is 368 g/mol. The predicted molar refractivity (Wildman–Crippen MR) is 108 cm³/mol. The van der Waals surface area contributed by atoms with Gasteiger partial charge in [0.1, 0.15) is 6.33 Å². The molecule has 8 heteroatoms. The molecule has 0 bridgehead atoms. The quantitative estimate of drug-likeness (QED) is 0.827. The maximum absolute atomic E-state index is 12.9. The van der Waals surface area contributed by atoms with Crippen LogP contribution in [0, 0.1) is 31.6 Å². The minimum Gasteiger partial charge on any atom is -0.354 e. The summed E-state index contributed by atoms with van der Waals surface area (Å²) in [5.41, 5.74) is 2.95. The third-order valence-electron chi connectivity index (χ3n) is 6.58. The number of fused-ring (bicyclic) bond motifs is 2. The van der Waals surface area contributed by atoms with Crippen LogP contribution in [0.4, 0.5) is 0 Å². The average molecular weight is 399 g/mol. The molecule has 1 N–H and O–H groups in total. The summed E-state index contributed by atoms with van der Waals surface area (Å²) >= 11 is 0. The Labute approximate surface area is 171 Å². The lowest BCUT2D eigenvalue weighted by Gasteiger charge is -2.50. The van der Waals surface area contributed by atoms with Crippen LogP contribution in [0.15, 0.2) is 6.33 Å². The topological polar surface area (TPSA) is 92.5 Å². The van der Waals surface area contributed by atoms with Gasteiger partial charge in [-0.3, -0.25) is 9.59 Å². The molecule has 3 atom stereocenters. The number of carbonyl (C=O) groups is 2. The first kappa shape index (κ1) is 19.8. The van der Waals surface area contributed by atoms with E-state index in [2.05, 4.69) is 20.4 Å². The summed E-state index contributed by atoms with van der Waals surface area (Å²) in [6.07, 6.45) is 4.56. The van der Waals surface area contributed by atoms with Gasteiger partial charge in [-0.2, -0.15) is 10.1 Å². The second-order valence-electron chi connectivity index (χ2n) is 8.79. The van der Waals surface area contributed by atoms with Gasteiger partial charge in [-0.1, -0.05) is 0 Å². The first-order chi connectivity index (χ1) is 13.8. The molecule has 2 aliphatic rings. The molecule has 2 aromatic heterocycles. The monoisotopic (exact) mass is 398 g/mol. The number of aromatic nitrogens is 4. The molecule has 156 valence electrons. The van der Waals surface area contributed by atoms with Gasteiger partial charge in [-0.15, -0.1) is 0 Å². The Morgan fingerprint density at radius 1 is 1.31 bits per heavy atom. The molecule has 1 saturated carbocycles. The Morgan fingerprint density at radius 3 is 2.86 bits per heavy atom. The zero-order valence-corrected chi connectivity index (χ0v) is 17.7. The number of piperidine rings is 1. The normalized spacial score (nSPS) is 23.8. The van der Waals surface area contributed by atoms with Crippen LogP contribution in [0.3, 0.4) is 0 Å². The van der Waals surface area contributed by atoms with Crippen molar-refractivity contribution in [2.45, 2.75) is 59.4 Å². The van der Waals surface area contributed by atoms with Gasteiger partial charge in [0.05, 0.1) is 0 Å². The van der Waals surface area contributed by atoms with Gasteiger partial charge in [-0.25, -0.2) is 9.50 Å². The molecule has 2 fully saturated rings. The Balaban J connectivity index is 1.38. The van der Waals surface area contributed by atoms with Crippen molar-refractivity contribution in [1.82, 2.24) is 29.8 Å². The van der Waals surface area contributed by atoms with E-state index < -0.39 is 0 Å². The fraction of sp³-hybridized carbons (Fsp3) is 0.667. The summed E-state index contributed by atoms with van der Waals surface area (Å²) in [5.74, 6) is 1.85. The Bertz CT molecular complexity index is 937. The molecule has 1 saturated heterocycles. The molecule has 0 spiro atoms. The smallest absolute Gasteiger partial charge is 0.252 e. The lowest BCUT2D eigenvalue weighted by atomic mass is 9.61. The highest BCUT2D eigenvalue weighted by molar-refractivity contribution is 5.81. The molecule has 0 unspecified atom stereocenters. The highest BCUT2D eigenvalue weighted by Crippen LogP contribution is 2.45. The highest BCUT2D eigenvalue weighted by Gasteiger charge is 2.48. The number of carbonyl (C=O) groups excluding carboxylic acids is 2. The molecule has 0 aromatic carbocycles. The number of hydrogen-bond donors (Lipinski definition) is 1. The lowest BCUT2D eigenvalue weighted by molar-refractivity contribution is -0.145. The van der Waals surface area contributed by atoms with E-state index in [4.69, 9.17) is 0 Å². The molecule has 8 nitrogen and oxygen atoms in total. The maximum Gasteiger partial charge on any atom is 0.252 e. The molecule has 3 heterocycles. The van der Waals surface area contributed by atoms with Gasteiger partial charge in [-0.05, 0) is 64.4 Å². The second kappa shape index (κ2) is 7.72. The number of amides is 2. The zero-order chi connectivity index (χ0) is 20.7. The van der Waals surface area contributed by atoms with Gasteiger partial charge in [0.25, 0.3) is 5.78 Å². The van der Waals surface area contributed by atoms with Crippen molar-refractivity contribution in [1.29, 1.82) is 0 Å². The van der Waals surface area contributed by atoms with Crippen LogP contribution in [0.25, 0.3) is 5.78 Å². The SMILES string of the molecule is Cc1nc2ncnn2c(C)c1CCC(=O)N1CC[C@@H]2C[C@@H](C(=O)NC(C)C)[C@@H]2C1. The first-order valence-corrected chi connectivity index (χ1v) is 10.6. The molecular formula is C21H30N6O2. The van der Waals surface area contributed by atoms with E-state index in [9.17, 15) is 9.59 Å². The van der Waals surface area contributed by atoms with Crippen LogP contribution < -0.4 is 5.32 Å². The summed E-state index contributed by atoms with van der Waals surface area (Å²) in [5, 5.41) is 7.25. The van der Waals surface area contributed by atoms with Gasteiger partial charge in [0.2, 0.25) is 11.8 Å². The second-order valence-corrected chi connectivity index (χ2v) is 8.79. The van der Waals surface area contributed by atoms with Crippen LogP contribution in [0.5, 0.6) is 0 Å². The van der Waals surface area contributed by atoms with Crippen molar-refractivity contribution in [2.75, 3.05) is 13.1 Å². The third-order valence-corrected chi connectivity index (χ3v) is 6.58. The Morgan fingerprint density at radius 2 is 2.10 bits per heavy atom. The standard InChI is InChI=1S/C21H30N6O2/c1-12(2)24-20(29)17-9-15-7-8-26(10-18(15)17)19(28)6-5-16-13(3)25-21-22-11-23-27(21)14(16)4/h11-12,15,17-18H,5-10H2,1-4H3,(H,24,29)/t15-,17-,18-/m1/s1. The largest absolute Gasteiger partial charge is 0.354 e. The number of likely N-dealkylation sites (tertiary alicyclic amines) is 1. The lowest BCUT2D eigenvalue weighted by Crippen LogP contribution is -2.56. The van der Waals surface area contributed by atoms with Crippen molar-refractivity contribution in [3.05, 3.63) is 23.3 Å². The summed E-state index contributed by atoms with van der Waals surface area (Å²) in [7, 11) is 0. The van der Waals surface area contributed by atoms with E-state index in [1.54, 1.807) is 4.52 Å². The van der Waals surface area contributed by atoms with Crippen LogP contribution in [-0.2, 0) is 16.0 Å². The van der Waals surface area contributed by atoms with Crippen LogP contribution in [-0.4, -0.2) is 55.4 Å². The van der Waals surface area contributed by atoms with E-state index in [1.165, 1.54) is 6.33 Å². The van der Waals surface area contributed by atoms with Crippen LogP contribution >= 0.6 is 0 Å². The average Bonchev–Trinajstić information content (AvgIpc) is 3.10. The van der Waals surface area contributed by atoms with E-state index in [0.717, 1.165) is 36.3 Å². The van der Waals surface area contributed by atoms with E-state index >= 15 is 0 Å². The number of nitrogens with one attached hydrogen (secondary N) is 1. The van der Waals surface area contributed by atoms with Crippen molar-refractivity contribution >= 4 is 17.6 Å². The molecule has 2 aromatic rings. The van der Waals surface area contributed by atoms with Crippen molar-refractivity contribution in [3.63, 3.8) is 0 Å². The molecule has 4 rings (SSSR count). The van der Waals surface area contributed by atoms with Gasteiger partial charge < -0.3 is 10.2 Å². The Hall–Kier alpha value is -2.51. The summed E-state index contributed by atoms with van der Waals surface area (Å²) in [6.45, 7) is 9.43. The zero-order valence-electron chi connectivity index (χ0n) is 17.7. The van der Waals surface area contributed by atoms with E-state index in [0.29, 0.717) is 37.0 Å². The molecule has 1 aliphatic carbocycles. The van der Waals surface area contributed by atoms with Crippen molar-refractivity contribution < 1.29 is 9.59 Å². The fourth-order valence-corrected chi connectivity index (χ4v) is 4.91. The minimum absolute atomic E-state index is 0.0569. The van der Waals surface area contributed by atoms with Crippen LogP contribution in [0.1, 0.15) is 50.1 Å². The minimum atomic E-state index is 0.0569. The van der Waals surface area contributed by atoms with Crippen molar-refractivity contribution in [2.24, 2.45) is 17.8 Å². The molecule has 1 aliphatic heterocycles. The van der Waals surface area contributed by atoms with Gasteiger partial charge >= 0.3 is 0 Å². The first-order valence-electron chi connectivity index (χ1n) is 10.6. The fourth-order valence-electron chi connectivity index (χ4n) is 4.91. The van der Waals surface area contributed by atoms with Gasteiger partial charge in [0, 0.05) is 42.9 Å². The molecule has 0 radical (unpaired) electrons. The molecule has 29 heavy (non-hydrogen) atoms. The van der Waals surface area contributed by atoms with E-state index in [1.807, 2.05) is 32.6 Å². The van der Waals surface area contributed by atoms with Crippen LogP contribution in [0.2, 0.25) is 0 Å². The Kier molecular flexibility index (Phi) is 5.27. The number of aryl methyl sites for hydroxylation is 2. The molecule has 2 amide bonds. The summed E-state index contributed by atoms with van der Waals surface area (Å²) < 4.78 is 1.73. The highest BCUT2D eigenvalue weighted by atomic mass is 16.2. The maximum atomic E-state index is 12.9.